The number of pyridine rings is 1. The maximum Gasteiger partial charge on any atom is 0.416 e. The first kappa shape index (κ1) is 20.9. The molecule has 1 amide bonds. The average molecular weight is 467 g/mol. The van der Waals surface area contributed by atoms with Crippen LogP contribution in [0.25, 0.3) is 21.8 Å². The van der Waals surface area contributed by atoms with Gasteiger partial charge in [0.1, 0.15) is 5.82 Å². The van der Waals surface area contributed by atoms with Crippen LogP contribution in [0.3, 0.4) is 0 Å². The molecule has 1 saturated heterocycles. The Bertz CT molecular complexity index is 1480. The van der Waals surface area contributed by atoms with E-state index in [1.165, 1.54) is 12.1 Å². The molecule has 2 aromatic heterocycles. The number of aryl methyl sites for hydroxylation is 1. The molecule has 0 spiro atoms. The highest BCUT2D eigenvalue weighted by molar-refractivity contribution is 6.10. The number of aromatic nitrogens is 3. The summed E-state index contributed by atoms with van der Waals surface area (Å²) in [6.45, 7) is 0.671. The Balaban J connectivity index is 1.41. The lowest BCUT2D eigenvalue weighted by Gasteiger charge is -2.38. The van der Waals surface area contributed by atoms with E-state index in [1.807, 2.05) is 0 Å². The molecule has 174 valence electrons. The van der Waals surface area contributed by atoms with E-state index < -0.39 is 17.8 Å². The second kappa shape index (κ2) is 7.17. The number of morpholine rings is 1. The number of amides is 1. The topological polar surface area (TPSA) is 86.3 Å². The summed E-state index contributed by atoms with van der Waals surface area (Å²) in [5.41, 5.74) is 8.54. The normalized spacial score (nSPS) is 20.1. The number of alkyl halides is 3. The molecule has 3 heterocycles. The third-order valence-corrected chi connectivity index (χ3v) is 6.78. The number of nitrogens with zero attached hydrogens (tertiary/aromatic N) is 4. The number of nitrogen functional groups attached to an aromatic ring is 1. The van der Waals surface area contributed by atoms with Gasteiger partial charge in [-0.25, -0.2) is 4.98 Å². The van der Waals surface area contributed by atoms with Gasteiger partial charge in [-0.1, -0.05) is 6.07 Å². The number of carbonyl (C=O) groups is 1. The third-order valence-electron chi connectivity index (χ3n) is 6.78. The zero-order valence-electron chi connectivity index (χ0n) is 18.1. The molecule has 2 atom stereocenters. The lowest BCUT2D eigenvalue weighted by molar-refractivity contribution is -0.137. The molecule has 6 rings (SSSR count). The van der Waals surface area contributed by atoms with Gasteiger partial charge in [-0.2, -0.15) is 18.3 Å². The maximum absolute atomic E-state index is 13.7. The number of anilines is 1. The first-order chi connectivity index (χ1) is 16.2. The first-order valence-electron chi connectivity index (χ1n) is 10.9. The van der Waals surface area contributed by atoms with Gasteiger partial charge in [0.05, 0.1) is 46.9 Å². The highest BCUT2D eigenvalue weighted by Gasteiger charge is 2.43. The summed E-state index contributed by atoms with van der Waals surface area (Å²) in [6.07, 6.45) is -2.81. The minimum atomic E-state index is -4.42. The van der Waals surface area contributed by atoms with Crippen LogP contribution in [0.4, 0.5) is 19.0 Å². The fourth-order valence-electron chi connectivity index (χ4n) is 5.22. The minimum absolute atomic E-state index is 0.208. The van der Waals surface area contributed by atoms with Crippen molar-refractivity contribution in [1.29, 1.82) is 0 Å². The van der Waals surface area contributed by atoms with E-state index >= 15 is 0 Å². The van der Waals surface area contributed by atoms with Crippen LogP contribution in [-0.4, -0.2) is 44.8 Å². The molecule has 34 heavy (non-hydrogen) atoms. The number of benzene rings is 2. The molecule has 0 unspecified atom stereocenters. The van der Waals surface area contributed by atoms with Crippen molar-refractivity contribution in [3.8, 4) is 0 Å². The van der Waals surface area contributed by atoms with Gasteiger partial charge in [0.25, 0.3) is 5.91 Å². The number of hydrogen-bond donors (Lipinski definition) is 1. The van der Waals surface area contributed by atoms with E-state index in [9.17, 15) is 18.0 Å². The Kier molecular flexibility index (Phi) is 4.41. The average Bonchev–Trinajstić information content (AvgIpc) is 3.38. The van der Waals surface area contributed by atoms with Crippen LogP contribution in [0.1, 0.15) is 33.1 Å². The first-order valence-corrected chi connectivity index (χ1v) is 10.9. The standard InChI is InChI=1S/C24H20F3N5O2/c1-31-20-16-9-12(2-5-18(16)30-22(28)17(20)11-29-31)23(33)32-6-7-34-19-10-13-8-14(24(25,26)27)3-4-15(13)21(19)32/h2-5,8-9,11,19,21H,6-7,10H2,1H3,(H2,28,30)/t19-,21+/m1/s1. The number of carbonyl (C=O) groups excluding carboxylic acids is 1. The van der Waals surface area contributed by atoms with Crippen LogP contribution >= 0.6 is 0 Å². The second-order valence-electron chi connectivity index (χ2n) is 8.73. The Morgan fingerprint density at radius 2 is 2.00 bits per heavy atom. The zero-order chi connectivity index (χ0) is 23.8. The quantitative estimate of drug-likeness (QED) is 0.460. The van der Waals surface area contributed by atoms with Crippen molar-refractivity contribution in [1.82, 2.24) is 19.7 Å². The van der Waals surface area contributed by atoms with Gasteiger partial charge in [-0.15, -0.1) is 0 Å². The van der Waals surface area contributed by atoms with Gasteiger partial charge in [0, 0.05) is 31.0 Å². The summed E-state index contributed by atoms with van der Waals surface area (Å²) in [5.74, 6) is 0.159. The van der Waals surface area contributed by atoms with Gasteiger partial charge >= 0.3 is 6.18 Å². The number of halogens is 3. The molecule has 1 fully saturated rings. The highest BCUT2D eigenvalue weighted by atomic mass is 19.4. The maximum atomic E-state index is 13.7. The molecule has 4 aromatic rings. The van der Waals surface area contributed by atoms with Gasteiger partial charge in [0.15, 0.2) is 0 Å². The van der Waals surface area contributed by atoms with Crippen LogP contribution in [0.2, 0.25) is 0 Å². The van der Waals surface area contributed by atoms with E-state index in [4.69, 9.17) is 10.5 Å². The number of ether oxygens (including phenoxy) is 1. The SMILES string of the molecule is Cn1ncc2c(N)nc3ccc(C(=O)N4CCO[C@@H]5Cc6cc(C(F)(F)F)ccc6[C@@H]54)cc3c21. The number of rotatable bonds is 1. The van der Waals surface area contributed by atoms with E-state index in [2.05, 4.69) is 10.1 Å². The van der Waals surface area contributed by atoms with Crippen LogP contribution in [0.5, 0.6) is 0 Å². The van der Waals surface area contributed by atoms with E-state index in [1.54, 1.807) is 41.0 Å². The summed E-state index contributed by atoms with van der Waals surface area (Å²) >= 11 is 0. The van der Waals surface area contributed by atoms with E-state index in [0.717, 1.165) is 17.0 Å². The highest BCUT2D eigenvalue weighted by Crippen LogP contribution is 2.43. The fourth-order valence-corrected chi connectivity index (χ4v) is 5.22. The predicted octanol–water partition coefficient (Wildman–Crippen LogP) is 3.86. The Labute approximate surface area is 191 Å². The third kappa shape index (κ3) is 3.05. The fraction of sp³-hybridized carbons (Fsp3) is 0.292. The number of hydrogen-bond acceptors (Lipinski definition) is 5. The zero-order valence-corrected chi connectivity index (χ0v) is 18.1. The number of fused-ring (bicyclic) bond motifs is 6. The Morgan fingerprint density at radius 3 is 2.79 bits per heavy atom. The molecule has 10 heteroatoms. The molecule has 1 aliphatic heterocycles. The van der Waals surface area contributed by atoms with Gasteiger partial charge < -0.3 is 15.4 Å². The van der Waals surface area contributed by atoms with Crippen molar-refractivity contribution >= 4 is 33.5 Å². The molecule has 2 N–H and O–H groups in total. The van der Waals surface area contributed by atoms with Crippen LogP contribution < -0.4 is 5.73 Å². The van der Waals surface area contributed by atoms with Crippen molar-refractivity contribution in [3.05, 3.63) is 64.8 Å². The van der Waals surface area contributed by atoms with Crippen molar-refractivity contribution in [3.63, 3.8) is 0 Å². The Hall–Kier alpha value is -3.66. The van der Waals surface area contributed by atoms with Crippen molar-refractivity contribution in [2.45, 2.75) is 24.7 Å². The van der Waals surface area contributed by atoms with Crippen LogP contribution in [0.15, 0.2) is 42.6 Å². The van der Waals surface area contributed by atoms with Crippen LogP contribution in [0, 0.1) is 0 Å². The van der Waals surface area contributed by atoms with Crippen molar-refractivity contribution < 1.29 is 22.7 Å². The van der Waals surface area contributed by atoms with Crippen molar-refractivity contribution in [2.24, 2.45) is 7.05 Å². The predicted molar refractivity (Wildman–Crippen MR) is 119 cm³/mol. The van der Waals surface area contributed by atoms with Crippen LogP contribution in [-0.2, 0) is 24.4 Å². The lowest BCUT2D eigenvalue weighted by atomic mass is 10.0. The lowest BCUT2D eigenvalue weighted by Crippen LogP contribution is -2.46. The molecule has 2 aromatic carbocycles. The summed E-state index contributed by atoms with van der Waals surface area (Å²) in [6, 6.07) is 8.52. The van der Waals surface area contributed by atoms with Gasteiger partial charge in [0.2, 0.25) is 0 Å². The smallest absolute Gasteiger partial charge is 0.383 e. The van der Waals surface area contributed by atoms with Gasteiger partial charge in [-0.05, 0) is 41.5 Å². The minimum Gasteiger partial charge on any atom is -0.383 e. The van der Waals surface area contributed by atoms with Gasteiger partial charge in [-0.3, -0.25) is 9.48 Å². The summed E-state index contributed by atoms with van der Waals surface area (Å²) in [7, 11) is 1.80. The van der Waals surface area contributed by atoms with Crippen molar-refractivity contribution in [2.75, 3.05) is 18.9 Å². The molecule has 7 nitrogen and oxygen atoms in total. The molecular formula is C24H20F3N5O2. The molecule has 1 aliphatic carbocycles. The molecule has 0 radical (unpaired) electrons. The van der Waals surface area contributed by atoms with E-state index in [0.29, 0.717) is 53.0 Å². The summed E-state index contributed by atoms with van der Waals surface area (Å²) in [5, 5.41) is 5.72. The summed E-state index contributed by atoms with van der Waals surface area (Å²) in [4.78, 5) is 19.8. The molecular weight excluding hydrogens is 447 g/mol. The Morgan fingerprint density at radius 1 is 1.18 bits per heavy atom. The monoisotopic (exact) mass is 467 g/mol. The van der Waals surface area contributed by atoms with E-state index in [-0.39, 0.29) is 12.0 Å². The number of nitrogens with two attached hydrogens (primary N) is 1. The largest absolute Gasteiger partial charge is 0.416 e. The summed E-state index contributed by atoms with van der Waals surface area (Å²) < 4.78 is 47.2. The molecule has 0 bridgehead atoms. The second-order valence-corrected chi connectivity index (χ2v) is 8.73. The molecule has 2 aliphatic rings. The molecule has 0 saturated carbocycles.